The predicted octanol–water partition coefficient (Wildman–Crippen LogP) is 7.02. The number of rotatable bonds is 8. The molecule has 0 amide bonds. The van der Waals surface area contributed by atoms with E-state index in [1.807, 2.05) is 19.1 Å². The molecule has 0 bridgehead atoms. The Hall–Kier alpha value is -3.89. The summed E-state index contributed by atoms with van der Waals surface area (Å²) in [5.41, 5.74) is 7.26. The molecule has 2 fully saturated rings. The average Bonchev–Trinajstić information content (AvgIpc) is 2.95. The molecule has 4 heterocycles. The van der Waals surface area contributed by atoms with Crippen molar-refractivity contribution in [2.24, 2.45) is 11.8 Å². The molecule has 7 nitrogen and oxygen atoms in total. The Labute approximate surface area is 242 Å². The van der Waals surface area contributed by atoms with Crippen LogP contribution in [-0.2, 0) is 12.8 Å². The number of nitriles is 1. The van der Waals surface area contributed by atoms with Crippen molar-refractivity contribution < 1.29 is 0 Å². The van der Waals surface area contributed by atoms with Crippen molar-refractivity contribution in [1.82, 2.24) is 25.3 Å². The van der Waals surface area contributed by atoms with Crippen molar-refractivity contribution in [3.8, 4) is 17.5 Å². The maximum Gasteiger partial charge on any atom is 0.160 e. The Morgan fingerprint density at radius 1 is 1.05 bits per heavy atom. The molecule has 3 aromatic heterocycles. The van der Waals surface area contributed by atoms with Crippen LogP contribution < -0.4 is 10.6 Å². The number of aromatic nitrogens is 4. The van der Waals surface area contributed by atoms with E-state index in [0.29, 0.717) is 40.6 Å². The molecule has 2 atom stereocenters. The lowest BCUT2D eigenvalue weighted by Gasteiger charge is -2.30. The van der Waals surface area contributed by atoms with E-state index in [2.05, 4.69) is 52.7 Å². The van der Waals surface area contributed by atoms with E-state index in [-0.39, 0.29) is 0 Å². The Bertz CT molecular complexity index is 1600. The summed E-state index contributed by atoms with van der Waals surface area (Å²) in [4.78, 5) is 19.5. The maximum atomic E-state index is 9.24. The lowest BCUT2D eigenvalue weighted by Crippen LogP contribution is -2.35. The van der Waals surface area contributed by atoms with Crippen molar-refractivity contribution in [3.63, 3.8) is 0 Å². The molecule has 1 aliphatic carbocycles. The number of nitrogens with zero attached hydrogens (tertiary/aromatic N) is 5. The third-order valence-corrected chi connectivity index (χ3v) is 9.11. The molecule has 1 saturated carbocycles. The van der Waals surface area contributed by atoms with Gasteiger partial charge in [-0.3, -0.25) is 0 Å². The number of hydrogen-bond donors (Lipinski definition) is 2. The molecule has 2 N–H and O–H groups in total. The van der Waals surface area contributed by atoms with Crippen LogP contribution in [0.3, 0.4) is 0 Å². The number of benzene rings is 1. The van der Waals surface area contributed by atoms with Gasteiger partial charge >= 0.3 is 0 Å². The first-order valence-corrected chi connectivity index (χ1v) is 15.2. The van der Waals surface area contributed by atoms with E-state index in [0.717, 1.165) is 49.3 Å². The summed E-state index contributed by atoms with van der Waals surface area (Å²) >= 11 is 0. The summed E-state index contributed by atoms with van der Waals surface area (Å²) in [6.45, 7) is 8.66. The van der Waals surface area contributed by atoms with Crippen molar-refractivity contribution in [2.45, 2.75) is 71.6 Å². The minimum atomic E-state index is 0.570. The molecule has 1 aromatic carbocycles. The first-order chi connectivity index (χ1) is 20.0. The minimum absolute atomic E-state index is 0.570. The zero-order valence-electron chi connectivity index (χ0n) is 24.4. The molecule has 0 spiro atoms. The highest BCUT2D eigenvalue weighted by Gasteiger charge is 2.26. The second-order valence-electron chi connectivity index (χ2n) is 11.8. The van der Waals surface area contributed by atoms with Crippen molar-refractivity contribution in [1.29, 1.82) is 5.26 Å². The quantitative estimate of drug-likeness (QED) is 0.245. The SMILES string of the molecule is CCc1cc(C2CCC2)c2c(CCC3CCNCC3C)nc(-c3ccnc(Nc4ccc(C#N)c(C)n4)c3)nc2c1. The lowest BCUT2D eigenvalue weighted by molar-refractivity contribution is 0.258. The van der Waals surface area contributed by atoms with Crippen molar-refractivity contribution in [3.05, 3.63) is 70.7 Å². The van der Waals surface area contributed by atoms with E-state index in [1.165, 1.54) is 47.9 Å². The van der Waals surface area contributed by atoms with E-state index < -0.39 is 0 Å². The van der Waals surface area contributed by atoms with E-state index in [4.69, 9.17) is 9.97 Å². The van der Waals surface area contributed by atoms with Crippen LogP contribution in [0.15, 0.2) is 42.6 Å². The highest BCUT2D eigenvalue weighted by Crippen LogP contribution is 2.42. The van der Waals surface area contributed by atoms with Gasteiger partial charge in [-0.25, -0.2) is 19.9 Å². The summed E-state index contributed by atoms with van der Waals surface area (Å²) in [6, 6.07) is 14.5. The van der Waals surface area contributed by atoms with E-state index >= 15 is 0 Å². The Morgan fingerprint density at radius 2 is 1.93 bits per heavy atom. The molecular formula is C34H39N7. The molecule has 41 heavy (non-hydrogen) atoms. The number of nitrogens with one attached hydrogen (secondary N) is 2. The molecule has 4 aromatic rings. The van der Waals surface area contributed by atoms with E-state index in [9.17, 15) is 5.26 Å². The molecule has 0 radical (unpaired) electrons. The summed E-state index contributed by atoms with van der Waals surface area (Å²) in [7, 11) is 0. The summed E-state index contributed by atoms with van der Waals surface area (Å²) in [5, 5.41) is 17.4. The van der Waals surface area contributed by atoms with Gasteiger partial charge in [-0.15, -0.1) is 0 Å². The Kier molecular flexibility index (Phi) is 7.93. The first kappa shape index (κ1) is 27.3. The molecule has 210 valence electrons. The number of piperidine rings is 1. The molecule has 2 unspecified atom stereocenters. The van der Waals surface area contributed by atoms with Gasteiger partial charge in [-0.1, -0.05) is 26.3 Å². The fourth-order valence-electron chi connectivity index (χ4n) is 6.33. The fraction of sp³-hybridized carbons (Fsp3) is 0.441. The largest absolute Gasteiger partial charge is 0.325 e. The van der Waals surface area contributed by atoms with Crippen LogP contribution >= 0.6 is 0 Å². The molecule has 1 saturated heterocycles. The van der Waals surface area contributed by atoms with Gasteiger partial charge in [0.15, 0.2) is 5.82 Å². The normalized spacial score (nSPS) is 19.1. The Balaban J connectivity index is 1.39. The molecule has 7 heteroatoms. The topological polar surface area (TPSA) is 99.4 Å². The summed E-state index contributed by atoms with van der Waals surface area (Å²) in [6.07, 6.45) is 9.97. The smallest absolute Gasteiger partial charge is 0.160 e. The van der Waals surface area contributed by atoms with Crippen LogP contribution in [0.5, 0.6) is 0 Å². The first-order valence-electron chi connectivity index (χ1n) is 15.2. The van der Waals surface area contributed by atoms with Crippen LogP contribution in [0.4, 0.5) is 11.6 Å². The van der Waals surface area contributed by atoms with Gasteiger partial charge in [0.2, 0.25) is 0 Å². The monoisotopic (exact) mass is 545 g/mol. The standard InChI is InChI=1S/C34H39N7/c1-4-23-16-28(25-6-5-7-25)33-29(10-8-24-12-14-36-20-21(24)2)39-34(40-30(33)17-23)26-13-15-37-32(18-26)41-31-11-9-27(19-35)22(3)38-31/h9,11,13,15-18,21,24-25,36H,4-8,10,12,14,20H2,1-3H3,(H,37,38,41). The number of anilines is 2. The van der Waals surface area contributed by atoms with Gasteiger partial charge in [-0.05, 0) is 118 Å². The number of fused-ring (bicyclic) bond motifs is 1. The minimum Gasteiger partial charge on any atom is -0.325 e. The Morgan fingerprint density at radius 3 is 2.66 bits per heavy atom. The molecule has 1 aliphatic heterocycles. The van der Waals surface area contributed by atoms with E-state index in [1.54, 1.807) is 18.3 Å². The number of hydrogen-bond acceptors (Lipinski definition) is 7. The number of aryl methyl sites for hydroxylation is 3. The molecule has 2 aliphatic rings. The van der Waals surface area contributed by atoms with Gasteiger partial charge in [0.05, 0.1) is 22.5 Å². The maximum absolute atomic E-state index is 9.24. The lowest BCUT2D eigenvalue weighted by atomic mass is 9.77. The van der Waals surface area contributed by atoms with Gasteiger partial charge in [0.1, 0.15) is 17.7 Å². The van der Waals surface area contributed by atoms with Crippen molar-refractivity contribution >= 4 is 22.5 Å². The highest BCUT2D eigenvalue weighted by molar-refractivity contribution is 5.87. The van der Waals surface area contributed by atoms with Crippen LogP contribution in [0, 0.1) is 30.1 Å². The second-order valence-corrected chi connectivity index (χ2v) is 11.8. The van der Waals surface area contributed by atoms with Crippen LogP contribution in [0.25, 0.3) is 22.3 Å². The third-order valence-electron chi connectivity index (χ3n) is 9.11. The third kappa shape index (κ3) is 5.80. The zero-order chi connectivity index (χ0) is 28.3. The van der Waals surface area contributed by atoms with Gasteiger partial charge in [0.25, 0.3) is 0 Å². The van der Waals surface area contributed by atoms with Crippen LogP contribution in [0.1, 0.15) is 79.9 Å². The fourth-order valence-corrected chi connectivity index (χ4v) is 6.33. The predicted molar refractivity (Wildman–Crippen MR) is 164 cm³/mol. The van der Waals surface area contributed by atoms with Gasteiger partial charge in [-0.2, -0.15) is 5.26 Å². The van der Waals surface area contributed by atoms with Gasteiger partial charge < -0.3 is 10.6 Å². The average molecular weight is 546 g/mol. The zero-order valence-corrected chi connectivity index (χ0v) is 24.4. The summed E-state index contributed by atoms with van der Waals surface area (Å²) < 4.78 is 0. The van der Waals surface area contributed by atoms with Crippen LogP contribution in [0.2, 0.25) is 0 Å². The van der Waals surface area contributed by atoms with Gasteiger partial charge in [0, 0.05) is 17.1 Å². The van der Waals surface area contributed by atoms with Crippen LogP contribution in [-0.4, -0.2) is 33.0 Å². The second kappa shape index (κ2) is 11.9. The molecule has 6 rings (SSSR count). The summed E-state index contributed by atoms with van der Waals surface area (Å²) in [5.74, 6) is 4.09. The number of pyridine rings is 2. The van der Waals surface area contributed by atoms with Crippen molar-refractivity contribution in [2.75, 3.05) is 18.4 Å². The molecular weight excluding hydrogens is 506 g/mol. The highest BCUT2D eigenvalue weighted by atomic mass is 15.1.